The number of halogens is 1. The number of nitro groups is 1. The molecular formula is C12H10BrN3O2. The summed E-state index contributed by atoms with van der Waals surface area (Å²) in [4.78, 5) is 14.3. The van der Waals surface area contributed by atoms with Gasteiger partial charge in [0.15, 0.2) is 0 Å². The molecule has 1 N–H and O–H groups in total. The molecule has 0 amide bonds. The molecule has 1 heterocycles. The zero-order valence-corrected chi connectivity index (χ0v) is 10.9. The first-order valence-electron chi connectivity index (χ1n) is 5.23. The second-order valence-corrected chi connectivity index (χ2v) is 4.49. The zero-order chi connectivity index (χ0) is 13.0. The predicted octanol–water partition coefficient (Wildman–Crippen LogP) is 3.36. The van der Waals surface area contributed by atoms with E-state index >= 15 is 0 Å². The minimum atomic E-state index is -0.415. The summed E-state index contributed by atoms with van der Waals surface area (Å²) in [7, 11) is 0. The minimum absolute atomic E-state index is 0.0507. The second-order valence-electron chi connectivity index (χ2n) is 3.63. The van der Waals surface area contributed by atoms with Crippen molar-refractivity contribution in [3.05, 3.63) is 62.9 Å². The van der Waals surface area contributed by atoms with E-state index in [1.807, 2.05) is 12.1 Å². The third-order valence-corrected chi connectivity index (χ3v) is 3.06. The highest BCUT2D eigenvalue weighted by molar-refractivity contribution is 9.10. The van der Waals surface area contributed by atoms with Gasteiger partial charge in [-0.25, -0.2) is 0 Å². The fraction of sp³-hybridized carbons (Fsp3) is 0.0833. The number of rotatable bonds is 4. The third kappa shape index (κ3) is 3.04. The summed E-state index contributed by atoms with van der Waals surface area (Å²) in [5, 5.41) is 13.9. The first kappa shape index (κ1) is 12.5. The van der Waals surface area contributed by atoms with Gasteiger partial charge in [-0.05, 0) is 45.8 Å². The van der Waals surface area contributed by atoms with Crippen molar-refractivity contribution in [2.45, 2.75) is 6.54 Å². The SMILES string of the molecule is O=[N+]([O-])c1cc(NCc2ccncc2)ccc1Br. The summed E-state index contributed by atoms with van der Waals surface area (Å²) in [6.07, 6.45) is 3.42. The van der Waals surface area contributed by atoms with Crippen molar-refractivity contribution in [3.63, 3.8) is 0 Å². The highest BCUT2D eigenvalue weighted by Gasteiger charge is 2.11. The van der Waals surface area contributed by atoms with E-state index in [-0.39, 0.29) is 5.69 Å². The quantitative estimate of drug-likeness (QED) is 0.694. The molecule has 0 radical (unpaired) electrons. The van der Waals surface area contributed by atoms with Crippen molar-refractivity contribution in [1.82, 2.24) is 4.98 Å². The van der Waals surface area contributed by atoms with Crippen molar-refractivity contribution < 1.29 is 4.92 Å². The minimum Gasteiger partial charge on any atom is -0.381 e. The van der Waals surface area contributed by atoms with Gasteiger partial charge in [0.05, 0.1) is 9.40 Å². The fourth-order valence-corrected chi connectivity index (χ4v) is 1.86. The molecule has 0 aliphatic heterocycles. The number of hydrogen-bond acceptors (Lipinski definition) is 4. The number of hydrogen-bond donors (Lipinski definition) is 1. The van der Waals surface area contributed by atoms with E-state index in [0.717, 1.165) is 5.56 Å². The first-order valence-corrected chi connectivity index (χ1v) is 6.03. The van der Waals surface area contributed by atoms with Crippen LogP contribution in [-0.4, -0.2) is 9.91 Å². The molecule has 0 spiro atoms. The smallest absolute Gasteiger partial charge is 0.285 e. The number of nitrogens with zero attached hydrogens (tertiary/aromatic N) is 2. The molecule has 1 aromatic heterocycles. The Morgan fingerprint density at radius 2 is 2.00 bits per heavy atom. The Labute approximate surface area is 112 Å². The van der Waals surface area contributed by atoms with Crippen LogP contribution in [-0.2, 0) is 6.54 Å². The van der Waals surface area contributed by atoms with Crippen LogP contribution in [0.1, 0.15) is 5.56 Å². The second kappa shape index (κ2) is 5.59. The lowest BCUT2D eigenvalue weighted by Crippen LogP contribution is -2.00. The van der Waals surface area contributed by atoms with Gasteiger partial charge in [0.2, 0.25) is 0 Å². The molecule has 1 aromatic carbocycles. The van der Waals surface area contributed by atoms with Gasteiger partial charge in [-0.15, -0.1) is 0 Å². The largest absolute Gasteiger partial charge is 0.381 e. The van der Waals surface area contributed by atoms with Crippen molar-refractivity contribution in [1.29, 1.82) is 0 Å². The number of nitro benzene ring substituents is 1. The highest BCUT2D eigenvalue weighted by Crippen LogP contribution is 2.27. The zero-order valence-electron chi connectivity index (χ0n) is 9.34. The monoisotopic (exact) mass is 307 g/mol. The number of aromatic nitrogens is 1. The fourth-order valence-electron chi connectivity index (χ4n) is 1.47. The molecule has 18 heavy (non-hydrogen) atoms. The molecule has 6 heteroatoms. The van der Waals surface area contributed by atoms with Crippen LogP contribution in [0.3, 0.4) is 0 Å². The molecule has 0 fully saturated rings. The van der Waals surface area contributed by atoms with Gasteiger partial charge in [-0.1, -0.05) is 0 Å². The summed E-state index contributed by atoms with van der Waals surface area (Å²) in [5.41, 5.74) is 1.83. The van der Waals surface area contributed by atoms with Crippen molar-refractivity contribution in [2.24, 2.45) is 0 Å². The Balaban J connectivity index is 2.11. The Morgan fingerprint density at radius 3 is 2.67 bits per heavy atom. The third-order valence-electron chi connectivity index (χ3n) is 2.39. The maximum absolute atomic E-state index is 10.8. The lowest BCUT2D eigenvalue weighted by atomic mass is 10.2. The molecule has 0 unspecified atom stereocenters. The van der Waals surface area contributed by atoms with Crippen molar-refractivity contribution >= 4 is 27.3 Å². The maximum atomic E-state index is 10.8. The molecule has 2 aromatic rings. The van der Waals surface area contributed by atoms with E-state index in [1.54, 1.807) is 24.5 Å². The summed E-state index contributed by atoms with van der Waals surface area (Å²) >= 11 is 3.15. The Morgan fingerprint density at radius 1 is 1.28 bits per heavy atom. The summed E-state index contributed by atoms with van der Waals surface area (Å²) in [6.45, 7) is 0.599. The van der Waals surface area contributed by atoms with Crippen molar-refractivity contribution in [3.8, 4) is 0 Å². The first-order chi connectivity index (χ1) is 8.66. The Hall–Kier alpha value is -1.95. The lowest BCUT2D eigenvalue weighted by Gasteiger charge is -2.06. The van der Waals surface area contributed by atoms with Crippen LogP contribution in [0.5, 0.6) is 0 Å². The van der Waals surface area contributed by atoms with Gasteiger partial charge in [-0.3, -0.25) is 15.1 Å². The summed E-state index contributed by atoms with van der Waals surface area (Å²) < 4.78 is 0.474. The lowest BCUT2D eigenvalue weighted by molar-refractivity contribution is -0.385. The molecule has 0 aliphatic carbocycles. The molecular weight excluding hydrogens is 298 g/mol. The highest BCUT2D eigenvalue weighted by atomic mass is 79.9. The summed E-state index contributed by atoms with van der Waals surface area (Å²) in [5.74, 6) is 0. The van der Waals surface area contributed by atoms with E-state index in [9.17, 15) is 10.1 Å². The average Bonchev–Trinajstić information content (AvgIpc) is 2.38. The Bertz CT molecular complexity index is 561. The molecule has 0 saturated carbocycles. The van der Waals surface area contributed by atoms with E-state index in [0.29, 0.717) is 16.7 Å². The molecule has 2 rings (SSSR count). The van der Waals surface area contributed by atoms with Crippen LogP contribution >= 0.6 is 15.9 Å². The standard InChI is InChI=1S/C12H10BrN3O2/c13-11-2-1-10(7-12(11)16(17)18)15-8-9-3-5-14-6-4-9/h1-7,15H,8H2. The van der Waals surface area contributed by atoms with E-state index in [4.69, 9.17) is 0 Å². The number of nitrogens with one attached hydrogen (secondary N) is 1. The average molecular weight is 308 g/mol. The molecule has 0 atom stereocenters. The summed E-state index contributed by atoms with van der Waals surface area (Å²) in [6, 6.07) is 8.73. The number of anilines is 1. The number of pyridine rings is 1. The van der Waals surface area contributed by atoms with E-state index < -0.39 is 4.92 Å². The topological polar surface area (TPSA) is 68.1 Å². The van der Waals surface area contributed by atoms with Crippen LogP contribution in [0, 0.1) is 10.1 Å². The van der Waals surface area contributed by atoms with Gasteiger partial charge >= 0.3 is 0 Å². The number of benzene rings is 1. The van der Waals surface area contributed by atoms with Crippen LogP contribution in [0.4, 0.5) is 11.4 Å². The van der Waals surface area contributed by atoms with Crippen LogP contribution < -0.4 is 5.32 Å². The van der Waals surface area contributed by atoms with E-state index in [1.165, 1.54) is 6.07 Å². The molecule has 92 valence electrons. The maximum Gasteiger partial charge on any atom is 0.285 e. The molecule has 0 saturated heterocycles. The van der Waals surface area contributed by atoms with Crippen LogP contribution in [0.25, 0.3) is 0 Å². The predicted molar refractivity (Wildman–Crippen MR) is 72.4 cm³/mol. The van der Waals surface area contributed by atoms with Crippen molar-refractivity contribution in [2.75, 3.05) is 5.32 Å². The van der Waals surface area contributed by atoms with E-state index in [2.05, 4.69) is 26.2 Å². The van der Waals surface area contributed by atoms with Gasteiger partial charge in [-0.2, -0.15) is 0 Å². The van der Waals surface area contributed by atoms with Gasteiger partial charge in [0, 0.05) is 30.7 Å². The molecule has 5 nitrogen and oxygen atoms in total. The van der Waals surface area contributed by atoms with Gasteiger partial charge < -0.3 is 5.32 Å². The van der Waals surface area contributed by atoms with Crippen LogP contribution in [0.15, 0.2) is 47.2 Å². The molecule has 0 aliphatic rings. The molecule has 0 bridgehead atoms. The normalized spacial score (nSPS) is 10.1. The van der Waals surface area contributed by atoms with Gasteiger partial charge in [0.25, 0.3) is 5.69 Å². The Kier molecular flexibility index (Phi) is 3.88. The van der Waals surface area contributed by atoms with Crippen LogP contribution in [0.2, 0.25) is 0 Å². The van der Waals surface area contributed by atoms with Gasteiger partial charge in [0.1, 0.15) is 0 Å².